The van der Waals surface area contributed by atoms with Crippen LogP contribution in [0.3, 0.4) is 0 Å². The minimum atomic E-state index is -0.194. The van der Waals surface area contributed by atoms with E-state index >= 15 is 0 Å². The molecule has 1 aliphatic heterocycles. The Hall–Kier alpha value is -2.04. The Kier molecular flexibility index (Phi) is 4.17. The van der Waals surface area contributed by atoms with Crippen LogP contribution in [0.2, 0.25) is 0 Å². The van der Waals surface area contributed by atoms with Gasteiger partial charge in [0.2, 0.25) is 5.91 Å². The monoisotopic (exact) mass is 247 g/mol. The van der Waals surface area contributed by atoms with Crippen molar-refractivity contribution < 1.29 is 9.59 Å². The maximum atomic E-state index is 11.6. The summed E-state index contributed by atoms with van der Waals surface area (Å²) in [6.45, 7) is 1.02. The van der Waals surface area contributed by atoms with E-state index in [2.05, 4.69) is 16.0 Å². The number of urea groups is 1. The SMILES string of the molecule is O=C1CC[C@H](NC(=O)NCc2ccccc2)CN1. The first-order chi connectivity index (χ1) is 8.74. The highest BCUT2D eigenvalue weighted by molar-refractivity contribution is 5.78. The molecule has 0 unspecified atom stereocenters. The average Bonchev–Trinajstić information content (AvgIpc) is 2.40. The molecular weight excluding hydrogens is 230 g/mol. The fraction of sp³-hybridized carbons (Fsp3) is 0.385. The van der Waals surface area contributed by atoms with Crippen molar-refractivity contribution in [2.45, 2.75) is 25.4 Å². The Bertz CT molecular complexity index is 410. The van der Waals surface area contributed by atoms with Crippen LogP contribution in [-0.4, -0.2) is 24.5 Å². The number of benzene rings is 1. The largest absolute Gasteiger partial charge is 0.354 e. The number of amides is 3. The summed E-state index contributed by atoms with van der Waals surface area (Å²) < 4.78 is 0. The van der Waals surface area contributed by atoms with Gasteiger partial charge in [0, 0.05) is 25.6 Å². The van der Waals surface area contributed by atoms with E-state index in [9.17, 15) is 9.59 Å². The highest BCUT2D eigenvalue weighted by atomic mass is 16.2. The predicted molar refractivity (Wildman–Crippen MR) is 67.8 cm³/mol. The lowest BCUT2D eigenvalue weighted by atomic mass is 10.1. The Morgan fingerprint density at radius 1 is 1.33 bits per heavy atom. The topological polar surface area (TPSA) is 70.2 Å². The molecule has 0 aromatic heterocycles. The lowest BCUT2D eigenvalue weighted by molar-refractivity contribution is -0.122. The van der Waals surface area contributed by atoms with Crippen molar-refractivity contribution in [2.75, 3.05) is 6.54 Å². The summed E-state index contributed by atoms with van der Waals surface area (Å²) >= 11 is 0. The van der Waals surface area contributed by atoms with Gasteiger partial charge in [-0.1, -0.05) is 30.3 Å². The van der Waals surface area contributed by atoms with Crippen LogP contribution < -0.4 is 16.0 Å². The molecule has 1 saturated heterocycles. The second-order valence-electron chi connectivity index (χ2n) is 4.35. The maximum absolute atomic E-state index is 11.6. The van der Waals surface area contributed by atoms with Gasteiger partial charge < -0.3 is 16.0 Å². The van der Waals surface area contributed by atoms with Crippen LogP contribution in [0.25, 0.3) is 0 Å². The highest BCUT2D eigenvalue weighted by Gasteiger charge is 2.19. The molecule has 1 fully saturated rings. The zero-order valence-corrected chi connectivity index (χ0v) is 10.1. The second kappa shape index (κ2) is 6.05. The van der Waals surface area contributed by atoms with Crippen molar-refractivity contribution in [1.82, 2.24) is 16.0 Å². The molecule has 0 radical (unpaired) electrons. The van der Waals surface area contributed by atoms with E-state index in [1.807, 2.05) is 30.3 Å². The number of nitrogens with one attached hydrogen (secondary N) is 3. The molecule has 18 heavy (non-hydrogen) atoms. The predicted octanol–water partition coefficient (Wildman–Crippen LogP) is 0.764. The molecule has 3 N–H and O–H groups in total. The van der Waals surface area contributed by atoms with E-state index in [4.69, 9.17) is 0 Å². The first kappa shape index (κ1) is 12.4. The molecule has 0 bridgehead atoms. The third-order valence-corrected chi connectivity index (χ3v) is 2.90. The van der Waals surface area contributed by atoms with Gasteiger partial charge in [-0.05, 0) is 12.0 Å². The molecule has 5 nitrogen and oxygen atoms in total. The van der Waals surface area contributed by atoms with Gasteiger partial charge in [-0.2, -0.15) is 0 Å². The summed E-state index contributed by atoms with van der Waals surface area (Å²) in [7, 11) is 0. The van der Waals surface area contributed by atoms with Crippen molar-refractivity contribution >= 4 is 11.9 Å². The maximum Gasteiger partial charge on any atom is 0.315 e. The van der Waals surface area contributed by atoms with Crippen molar-refractivity contribution in [1.29, 1.82) is 0 Å². The first-order valence-corrected chi connectivity index (χ1v) is 6.09. The van der Waals surface area contributed by atoms with E-state index in [0.29, 0.717) is 25.9 Å². The lowest BCUT2D eigenvalue weighted by Gasteiger charge is -2.23. The van der Waals surface area contributed by atoms with Crippen LogP contribution in [0.5, 0.6) is 0 Å². The van der Waals surface area contributed by atoms with Gasteiger partial charge in [-0.15, -0.1) is 0 Å². The van der Waals surface area contributed by atoms with Crippen LogP contribution >= 0.6 is 0 Å². The summed E-state index contributed by atoms with van der Waals surface area (Å²) in [5, 5.41) is 8.37. The number of hydrogen-bond acceptors (Lipinski definition) is 2. The fourth-order valence-corrected chi connectivity index (χ4v) is 1.87. The number of hydrogen-bond donors (Lipinski definition) is 3. The number of carbonyl (C=O) groups is 2. The average molecular weight is 247 g/mol. The molecule has 1 atom stereocenters. The van der Waals surface area contributed by atoms with Gasteiger partial charge in [-0.25, -0.2) is 4.79 Å². The quantitative estimate of drug-likeness (QED) is 0.738. The van der Waals surface area contributed by atoms with Gasteiger partial charge in [0.05, 0.1) is 0 Å². The Balaban J connectivity index is 1.71. The first-order valence-electron chi connectivity index (χ1n) is 6.09. The molecular formula is C13H17N3O2. The lowest BCUT2D eigenvalue weighted by Crippen LogP contribution is -2.50. The van der Waals surface area contributed by atoms with Crippen LogP contribution in [-0.2, 0) is 11.3 Å². The van der Waals surface area contributed by atoms with Crippen LogP contribution in [0, 0.1) is 0 Å². The van der Waals surface area contributed by atoms with E-state index in [1.165, 1.54) is 0 Å². The zero-order valence-electron chi connectivity index (χ0n) is 10.1. The van der Waals surface area contributed by atoms with E-state index < -0.39 is 0 Å². The number of rotatable bonds is 3. The van der Waals surface area contributed by atoms with E-state index in [1.54, 1.807) is 0 Å². The Labute approximate surface area is 106 Å². The van der Waals surface area contributed by atoms with Crippen molar-refractivity contribution in [2.24, 2.45) is 0 Å². The van der Waals surface area contributed by atoms with Crippen molar-refractivity contribution in [3.63, 3.8) is 0 Å². The normalized spacial score (nSPS) is 18.9. The molecule has 5 heteroatoms. The summed E-state index contributed by atoms with van der Waals surface area (Å²) in [6.07, 6.45) is 1.17. The molecule has 1 aromatic rings. The van der Waals surface area contributed by atoms with Gasteiger partial charge in [0.25, 0.3) is 0 Å². The number of piperidine rings is 1. The molecule has 2 rings (SSSR count). The summed E-state index contributed by atoms with van der Waals surface area (Å²) in [4.78, 5) is 22.6. The standard InChI is InChI=1S/C13H17N3O2/c17-12-7-6-11(9-14-12)16-13(18)15-8-10-4-2-1-3-5-10/h1-5,11H,6-9H2,(H,14,17)(H2,15,16,18)/t11-/m0/s1. The fourth-order valence-electron chi connectivity index (χ4n) is 1.87. The Morgan fingerprint density at radius 3 is 2.78 bits per heavy atom. The zero-order chi connectivity index (χ0) is 12.8. The molecule has 96 valence electrons. The smallest absolute Gasteiger partial charge is 0.315 e. The van der Waals surface area contributed by atoms with Crippen molar-refractivity contribution in [3.05, 3.63) is 35.9 Å². The number of carbonyl (C=O) groups excluding carboxylic acids is 2. The minimum Gasteiger partial charge on any atom is -0.354 e. The molecule has 3 amide bonds. The van der Waals surface area contributed by atoms with Gasteiger partial charge in [0.1, 0.15) is 0 Å². The Morgan fingerprint density at radius 2 is 2.11 bits per heavy atom. The summed E-state index contributed by atoms with van der Waals surface area (Å²) in [6, 6.07) is 9.56. The van der Waals surface area contributed by atoms with E-state index in [0.717, 1.165) is 5.56 Å². The molecule has 0 saturated carbocycles. The van der Waals surface area contributed by atoms with Gasteiger partial charge >= 0.3 is 6.03 Å². The molecule has 0 spiro atoms. The summed E-state index contributed by atoms with van der Waals surface area (Å²) in [5.41, 5.74) is 1.06. The second-order valence-corrected chi connectivity index (χ2v) is 4.35. The van der Waals surface area contributed by atoms with Gasteiger partial charge in [-0.3, -0.25) is 4.79 Å². The van der Waals surface area contributed by atoms with Crippen LogP contribution in [0.15, 0.2) is 30.3 Å². The molecule has 0 aliphatic carbocycles. The molecule has 1 aromatic carbocycles. The van der Waals surface area contributed by atoms with E-state index in [-0.39, 0.29) is 18.0 Å². The van der Waals surface area contributed by atoms with Gasteiger partial charge in [0.15, 0.2) is 0 Å². The molecule has 1 heterocycles. The third kappa shape index (κ3) is 3.76. The molecule has 1 aliphatic rings. The minimum absolute atomic E-state index is 0.0264. The third-order valence-electron chi connectivity index (χ3n) is 2.90. The highest BCUT2D eigenvalue weighted by Crippen LogP contribution is 2.02. The van der Waals surface area contributed by atoms with Crippen molar-refractivity contribution in [3.8, 4) is 0 Å². The van der Waals surface area contributed by atoms with Crippen LogP contribution in [0.4, 0.5) is 4.79 Å². The summed E-state index contributed by atoms with van der Waals surface area (Å²) in [5.74, 6) is 0.0535. The van der Waals surface area contributed by atoms with Crippen LogP contribution in [0.1, 0.15) is 18.4 Å².